The fourth-order valence-electron chi connectivity index (χ4n) is 1.05. The third kappa shape index (κ3) is 1.65. The Balaban J connectivity index is 2.80. The van der Waals surface area contributed by atoms with Crippen LogP contribution in [0, 0.1) is 0 Å². The molecule has 1 aromatic heterocycles. The summed E-state index contributed by atoms with van der Waals surface area (Å²) in [6.45, 7) is 0. The van der Waals surface area contributed by atoms with Gasteiger partial charge in [-0.1, -0.05) is 45.8 Å². The van der Waals surface area contributed by atoms with Crippen LogP contribution in [0.5, 0.6) is 0 Å². The van der Waals surface area contributed by atoms with Crippen LogP contribution in [0.25, 0.3) is 11.1 Å². The number of aromatic nitrogens is 1. The number of halogens is 3. The van der Waals surface area contributed by atoms with E-state index in [4.69, 9.17) is 27.6 Å². The van der Waals surface area contributed by atoms with Crippen molar-refractivity contribution in [1.29, 1.82) is 0 Å². The number of hydrogen-bond acceptors (Lipinski definition) is 2. The Hall–Kier alpha value is -0.000000000000000111. The molecule has 0 aliphatic rings. The maximum absolute atomic E-state index is 5.92. The summed E-state index contributed by atoms with van der Waals surface area (Å²) < 4.78 is 6.10. The lowest BCUT2D eigenvalue weighted by molar-refractivity contribution is 0.559. The summed E-state index contributed by atoms with van der Waals surface area (Å²) in [5, 5.41) is 1.11. The minimum atomic E-state index is 0.544. The van der Waals surface area contributed by atoms with Gasteiger partial charge in [0.25, 0.3) is 0 Å². The Bertz CT molecular complexity index is 416. The molecule has 0 fully saturated rings. The Kier molecular flexibility index (Phi) is 2.67. The van der Waals surface area contributed by atoms with Gasteiger partial charge in [-0.15, -0.1) is 0 Å². The predicted molar refractivity (Wildman–Crippen MR) is 61.8 cm³/mol. The quantitative estimate of drug-likeness (QED) is 0.583. The Morgan fingerprint density at radius 1 is 1.31 bits per heavy atom. The van der Waals surface area contributed by atoms with E-state index < -0.39 is 0 Å². The average Bonchev–Trinajstić information content (AvgIpc) is 2.56. The monoisotopic (exact) mass is 327 g/mol. The zero-order valence-corrected chi connectivity index (χ0v) is 10.0. The number of fused-ring (bicyclic) bond motifs is 1. The second-order valence-corrected chi connectivity index (χ2v) is 4.03. The molecule has 0 aliphatic carbocycles. The van der Waals surface area contributed by atoms with E-state index in [1.807, 2.05) is 0 Å². The second-order valence-electron chi connectivity index (χ2n) is 2.45. The lowest BCUT2D eigenvalue weighted by Crippen LogP contribution is -1.74. The lowest BCUT2D eigenvalue weighted by Gasteiger charge is -1.91. The molecule has 68 valence electrons. The molecule has 5 heteroatoms. The standard InChI is InChI=1S/C8H4Cl2INO/c9-4-1-2-5(10)8-7(4)12-6(3-11)13-8/h1-2H,3H2. The van der Waals surface area contributed by atoms with Crippen molar-refractivity contribution in [3.8, 4) is 0 Å². The van der Waals surface area contributed by atoms with Gasteiger partial charge < -0.3 is 4.42 Å². The molecular formula is C8H4Cl2INO. The largest absolute Gasteiger partial charge is 0.438 e. The topological polar surface area (TPSA) is 26.0 Å². The normalized spacial score (nSPS) is 11.0. The van der Waals surface area contributed by atoms with E-state index >= 15 is 0 Å². The highest BCUT2D eigenvalue weighted by Gasteiger charge is 2.10. The molecule has 0 saturated carbocycles. The van der Waals surface area contributed by atoms with Crippen molar-refractivity contribution in [2.45, 2.75) is 4.43 Å². The summed E-state index contributed by atoms with van der Waals surface area (Å²) in [7, 11) is 0. The number of alkyl halides is 1. The van der Waals surface area contributed by atoms with Crippen LogP contribution in [-0.4, -0.2) is 4.98 Å². The molecule has 0 spiro atoms. The summed E-state index contributed by atoms with van der Waals surface area (Å²) in [5.74, 6) is 0.644. The Morgan fingerprint density at radius 2 is 2.00 bits per heavy atom. The van der Waals surface area contributed by atoms with Gasteiger partial charge in [0.05, 0.1) is 14.5 Å². The highest BCUT2D eigenvalue weighted by atomic mass is 127. The van der Waals surface area contributed by atoms with Crippen LogP contribution in [0.1, 0.15) is 5.89 Å². The Morgan fingerprint density at radius 3 is 2.62 bits per heavy atom. The van der Waals surface area contributed by atoms with Gasteiger partial charge in [0.15, 0.2) is 5.58 Å². The molecule has 2 rings (SSSR count). The van der Waals surface area contributed by atoms with E-state index in [1.54, 1.807) is 12.1 Å². The summed E-state index contributed by atoms with van der Waals surface area (Å²) in [5.41, 5.74) is 1.21. The fraction of sp³-hybridized carbons (Fsp3) is 0.125. The summed E-state index contributed by atoms with van der Waals surface area (Å²) in [4.78, 5) is 4.20. The first-order valence-electron chi connectivity index (χ1n) is 3.51. The Labute approximate surface area is 98.4 Å². The molecule has 0 radical (unpaired) electrons. The van der Waals surface area contributed by atoms with Crippen molar-refractivity contribution in [3.63, 3.8) is 0 Å². The van der Waals surface area contributed by atoms with Gasteiger partial charge in [0.1, 0.15) is 5.52 Å². The van der Waals surface area contributed by atoms with Crippen molar-refractivity contribution in [3.05, 3.63) is 28.1 Å². The van der Waals surface area contributed by atoms with Crippen molar-refractivity contribution in [2.75, 3.05) is 0 Å². The maximum atomic E-state index is 5.92. The van der Waals surface area contributed by atoms with E-state index in [-0.39, 0.29) is 0 Å². The van der Waals surface area contributed by atoms with Crippen LogP contribution in [0.3, 0.4) is 0 Å². The van der Waals surface area contributed by atoms with Gasteiger partial charge >= 0.3 is 0 Å². The number of hydrogen-bond donors (Lipinski definition) is 0. The first-order valence-corrected chi connectivity index (χ1v) is 5.80. The number of oxazole rings is 1. The van der Waals surface area contributed by atoms with Gasteiger partial charge in [-0.3, -0.25) is 0 Å². The zero-order chi connectivity index (χ0) is 9.42. The van der Waals surface area contributed by atoms with E-state index in [0.717, 1.165) is 0 Å². The van der Waals surface area contributed by atoms with Gasteiger partial charge in [0, 0.05) is 0 Å². The molecule has 0 N–H and O–H groups in total. The average molecular weight is 328 g/mol. The molecule has 1 heterocycles. The van der Waals surface area contributed by atoms with Gasteiger partial charge in [0.2, 0.25) is 5.89 Å². The number of rotatable bonds is 1. The van der Waals surface area contributed by atoms with Crippen molar-refractivity contribution in [2.24, 2.45) is 0 Å². The molecule has 0 aliphatic heterocycles. The van der Waals surface area contributed by atoms with Crippen LogP contribution in [0.2, 0.25) is 10.0 Å². The molecule has 1 aromatic carbocycles. The SMILES string of the molecule is Clc1ccc(Cl)c2oc(CI)nc12. The highest BCUT2D eigenvalue weighted by Crippen LogP contribution is 2.30. The van der Waals surface area contributed by atoms with E-state index in [2.05, 4.69) is 27.6 Å². The molecule has 0 saturated heterocycles. The van der Waals surface area contributed by atoms with E-state index in [0.29, 0.717) is 31.5 Å². The predicted octanol–water partition coefficient (Wildman–Crippen LogP) is 4.07. The van der Waals surface area contributed by atoms with Crippen LogP contribution in [-0.2, 0) is 4.43 Å². The van der Waals surface area contributed by atoms with Crippen LogP contribution < -0.4 is 0 Å². The molecule has 0 bridgehead atoms. The summed E-state index contributed by atoms with van der Waals surface area (Å²) in [6.07, 6.45) is 0. The molecule has 13 heavy (non-hydrogen) atoms. The van der Waals surface area contributed by atoms with Gasteiger partial charge in [-0.25, -0.2) is 4.98 Å². The molecular weight excluding hydrogens is 324 g/mol. The molecule has 2 aromatic rings. The van der Waals surface area contributed by atoms with Crippen LogP contribution in [0.4, 0.5) is 0 Å². The van der Waals surface area contributed by atoms with Crippen molar-refractivity contribution < 1.29 is 4.42 Å². The van der Waals surface area contributed by atoms with Gasteiger partial charge in [-0.2, -0.15) is 0 Å². The summed E-state index contributed by atoms with van der Waals surface area (Å²) in [6, 6.07) is 3.42. The molecule has 0 unspecified atom stereocenters. The lowest BCUT2D eigenvalue weighted by atomic mass is 10.3. The molecule has 2 nitrogen and oxygen atoms in total. The van der Waals surface area contributed by atoms with Crippen LogP contribution >= 0.6 is 45.8 Å². The minimum absolute atomic E-state index is 0.544. The smallest absolute Gasteiger partial charge is 0.205 e. The second kappa shape index (κ2) is 3.63. The third-order valence-electron chi connectivity index (χ3n) is 1.60. The first kappa shape index (κ1) is 9.55. The highest BCUT2D eigenvalue weighted by molar-refractivity contribution is 14.1. The van der Waals surface area contributed by atoms with Gasteiger partial charge in [-0.05, 0) is 12.1 Å². The van der Waals surface area contributed by atoms with Crippen molar-refractivity contribution >= 4 is 56.9 Å². The first-order chi connectivity index (χ1) is 6.22. The van der Waals surface area contributed by atoms with E-state index in [9.17, 15) is 0 Å². The fourth-order valence-corrected chi connectivity index (χ4v) is 1.75. The number of nitrogens with zero attached hydrogens (tertiary/aromatic N) is 1. The zero-order valence-electron chi connectivity index (χ0n) is 6.35. The summed E-state index contributed by atoms with van der Waals surface area (Å²) >= 11 is 14.0. The van der Waals surface area contributed by atoms with E-state index in [1.165, 1.54) is 0 Å². The van der Waals surface area contributed by atoms with Crippen LogP contribution in [0.15, 0.2) is 16.5 Å². The molecule has 0 atom stereocenters. The minimum Gasteiger partial charge on any atom is -0.438 e. The van der Waals surface area contributed by atoms with Crippen molar-refractivity contribution in [1.82, 2.24) is 4.98 Å². The number of benzene rings is 1. The molecule has 0 amide bonds. The maximum Gasteiger partial charge on any atom is 0.205 e. The third-order valence-corrected chi connectivity index (χ3v) is 2.86.